The van der Waals surface area contributed by atoms with Gasteiger partial charge in [-0.2, -0.15) is 13.2 Å². The molecule has 0 atom stereocenters. The lowest BCUT2D eigenvalue weighted by atomic mass is 9.88. The van der Waals surface area contributed by atoms with Crippen LogP contribution in [-0.4, -0.2) is 12.0 Å². The van der Waals surface area contributed by atoms with E-state index < -0.39 is 17.7 Å². The van der Waals surface area contributed by atoms with Crippen molar-refractivity contribution in [1.82, 2.24) is 5.32 Å². The molecule has 2 rings (SSSR count). The van der Waals surface area contributed by atoms with E-state index in [2.05, 4.69) is 12.2 Å². The minimum Gasteiger partial charge on any atom is -0.351 e. The number of hydrogen-bond donors (Lipinski definition) is 1. The molecule has 1 aliphatic rings. The maximum atomic E-state index is 13.3. The van der Waals surface area contributed by atoms with Crippen LogP contribution in [0.5, 0.6) is 0 Å². The largest absolute Gasteiger partial charge is 0.431 e. The summed E-state index contributed by atoms with van der Waals surface area (Å²) in [7, 11) is 0. The van der Waals surface area contributed by atoms with Crippen LogP contribution in [0, 0.1) is 11.7 Å². The van der Waals surface area contributed by atoms with Gasteiger partial charge in [0.1, 0.15) is 11.5 Å². The van der Waals surface area contributed by atoms with E-state index in [9.17, 15) is 22.4 Å². The van der Waals surface area contributed by atoms with E-state index in [1.54, 1.807) is 6.92 Å². The highest BCUT2D eigenvalue weighted by Gasteiger charge is 2.36. The fraction of sp³-hybridized carbons (Fsp3) is 0.542. The van der Waals surface area contributed by atoms with Crippen molar-refractivity contribution in [3.63, 3.8) is 0 Å². The van der Waals surface area contributed by atoms with Gasteiger partial charge < -0.3 is 5.32 Å². The average Bonchev–Trinajstić information content (AvgIpc) is 2.68. The average molecular weight is 430 g/mol. The van der Waals surface area contributed by atoms with Crippen molar-refractivity contribution in [2.24, 2.45) is 5.92 Å². The normalized spacial score (nSPS) is 15.3. The van der Waals surface area contributed by atoms with Crippen LogP contribution in [0.15, 0.2) is 41.1 Å². The van der Waals surface area contributed by atoms with Crippen molar-refractivity contribution < 1.29 is 22.4 Å². The zero-order valence-corrected chi connectivity index (χ0v) is 19.1. The van der Waals surface area contributed by atoms with Crippen LogP contribution in [0.2, 0.25) is 0 Å². The van der Waals surface area contributed by atoms with Crippen LogP contribution < -0.4 is 5.32 Å². The molecule has 1 aliphatic carbocycles. The van der Waals surface area contributed by atoms with Crippen molar-refractivity contribution >= 4 is 11.5 Å². The Morgan fingerprint density at radius 2 is 1.53 bits per heavy atom. The molecule has 1 fully saturated rings. The van der Waals surface area contributed by atoms with E-state index in [0.717, 1.165) is 18.1 Å². The predicted octanol–water partition coefficient (Wildman–Crippen LogP) is 7.81. The summed E-state index contributed by atoms with van der Waals surface area (Å²) in [6, 6.07) is 4.93. The molecule has 1 saturated carbocycles. The molecular weight excluding hydrogens is 394 g/mol. The Bertz CT molecular complexity index is 727. The van der Waals surface area contributed by atoms with Crippen molar-refractivity contribution in [2.45, 2.75) is 80.3 Å². The topological polar surface area (TPSA) is 29.1 Å². The highest BCUT2D eigenvalue weighted by molar-refractivity contribution is 6.00. The van der Waals surface area contributed by atoms with Crippen LogP contribution in [0.4, 0.5) is 17.6 Å². The highest BCUT2D eigenvalue weighted by Crippen LogP contribution is 2.30. The van der Waals surface area contributed by atoms with Crippen molar-refractivity contribution in [2.75, 3.05) is 0 Å². The van der Waals surface area contributed by atoms with Gasteiger partial charge in [0.2, 0.25) is 0 Å². The summed E-state index contributed by atoms with van der Waals surface area (Å²) < 4.78 is 52.9. The number of Topliss-reactive ketones (excluding diaryl/α,β-unsaturated/α-hetero) is 1. The van der Waals surface area contributed by atoms with Crippen LogP contribution in [-0.2, 0) is 4.79 Å². The highest BCUT2D eigenvalue weighted by atomic mass is 19.4. The first kappa shape index (κ1) is 27.9. The van der Waals surface area contributed by atoms with Gasteiger partial charge in [-0.15, -0.1) is 0 Å². The van der Waals surface area contributed by atoms with Gasteiger partial charge in [-0.3, -0.25) is 4.79 Å². The SMILES string of the molecule is CC.CC/C(C)=C(/N/C(=C(\C)C(C)=O)c1ccc(F)cc1)C(F)(F)F.CC1CCC1. The lowest BCUT2D eigenvalue weighted by molar-refractivity contribution is -0.113. The molecule has 2 nitrogen and oxygen atoms in total. The third-order valence-corrected chi connectivity index (χ3v) is 4.92. The Kier molecular flexibility index (Phi) is 12.3. The lowest BCUT2D eigenvalue weighted by Crippen LogP contribution is -2.28. The predicted molar refractivity (Wildman–Crippen MR) is 116 cm³/mol. The first-order chi connectivity index (χ1) is 14.0. The van der Waals surface area contributed by atoms with E-state index in [0.29, 0.717) is 5.56 Å². The van der Waals surface area contributed by atoms with Crippen LogP contribution in [0.25, 0.3) is 5.70 Å². The summed E-state index contributed by atoms with van der Waals surface area (Å²) in [5.41, 5.74) is -0.307. The molecule has 0 radical (unpaired) electrons. The third kappa shape index (κ3) is 9.14. The maximum Gasteiger partial charge on any atom is 0.431 e. The van der Waals surface area contributed by atoms with Crippen LogP contribution in [0.1, 0.15) is 79.7 Å². The van der Waals surface area contributed by atoms with Gasteiger partial charge in [0, 0.05) is 5.57 Å². The second-order valence-corrected chi connectivity index (χ2v) is 7.23. The molecule has 1 N–H and O–H groups in total. The molecule has 0 amide bonds. The smallest absolute Gasteiger partial charge is 0.351 e. The summed E-state index contributed by atoms with van der Waals surface area (Å²) in [5.74, 6) is 0.187. The molecule has 1 aromatic carbocycles. The number of halogens is 4. The first-order valence-corrected chi connectivity index (χ1v) is 10.5. The molecule has 30 heavy (non-hydrogen) atoms. The van der Waals surface area contributed by atoms with Crippen molar-refractivity contribution in [3.05, 3.63) is 52.5 Å². The monoisotopic (exact) mass is 429 g/mol. The number of rotatable bonds is 5. The van der Waals surface area contributed by atoms with Gasteiger partial charge >= 0.3 is 6.18 Å². The summed E-state index contributed by atoms with van der Waals surface area (Å²) in [4.78, 5) is 11.6. The van der Waals surface area contributed by atoms with Crippen LogP contribution >= 0.6 is 0 Å². The third-order valence-electron chi connectivity index (χ3n) is 4.92. The maximum absolute atomic E-state index is 13.3. The minimum atomic E-state index is -4.58. The van der Waals surface area contributed by atoms with E-state index in [1.165, 1.54) is 52.2 Å². The molecule has 0 bridgehead atoms. The Balaban J connectivity index is 0.00000102. The summed E-state index contributed by atoms with van der Waals surface area (Å²) in [6.07, 6.45) is 0.0846. The molecule has 0 spiro atoms. The fourth-order valence-corrected chi connectivity index (χ4v) is 2.51. The van der Waals surface area contributed by atoms with Gasteiger partial charge in [-0.25, -0.2) is 4.39 Å². The Labute approximate surface area is 178 Å². The van der Waals surface area contributed by atoms with E-state index >= 15 is 0 Å². The molecule has 0 aromatic heterocycles. The van der Waals surface area contributed by atoms with Gasteiger partial charge in [0.25, 0.3) is 0 Å². The van der Waals surface area contributed by atoms with Crippen molar-refractivity contribution in [1.29, 1.82) is 0 Å². The number of carbonyl (C=O) groups is 1. The second-order valence-electron chi connectivity index (χ2n) is 7.23. The minimum absolute atomic E-state index is 0.0256. The Hall–Kier alpha value is -2.11. The van der Waals surface area contributed by atoms with E-state index in [4.69, 9.17) is 0 Å². The van der Waals surface area contributed by atoms with Gasteiger partial charge in [-0.1, -0.05) is 47.0 Å². The molecule has 6 heteroatoms. The van der Waals surface area contributed by atoms with E-state index in [1.807, 2.05) is 13.8 Å². The molecule has 0 unspecified atom stereocenters. The van der Waals surface area contributed by atoms with Gasteiger partial charge in [0.05, 0.1) is 5.70 Å². The number of carbonyl (C=O) groups excluding carboxylic acids is 1. The zero-order chi connectivity index (χ0) is 23.5. The van der Waals surface area contributed by atoms with Gasteiger partial charge in [0.15, 0.2) is 5.78 Å². The molecular formula is C24H35F4NO. The fourth-order valence-electron chi connectivity index (χ4n) is 2.51. The first-order valence-electron chi connectivity index (χ1n) is 10.5. The van der Waals surface area contributed by atoms with Gasteiger partial charge in [-0.05, 0) is 68.5 Å². The Morgan fingerprint density at radius 3 is 1.83 bits per heavy atom. The Morgan fingerprint density at radius 1 is 1.07 bits per heavy atom. The summed E-state index contributed by atoms with van der Waals surface area (Å²) >= 11 is 0. The number of nitrogens with one attached hydrogen (secondary N) is 1. The number of hydrogen-bond acceptors (Lipinski definition) is 2. The van der Waals surface area contributed by atoms with E-state index in [-0.39, 0.29) is 29.0 Å². The molecule has 0 aliphatic heterocycles. The van der Waals surface area contributed by atoms with Crippen molar-refractivity contribution in [3.8, 4) is 0 Å². The number of allylic oxidation sites excluding steroid dienone is 3. The zero-order valence-electron chi connectivity index (χ0n) is 19.1. The summed E-state index contributed by atoms with van der Waals surface area (Å²) in [5, 5.41) is 2.35. The van der Waals surface area contributed by atoms with Crippen LogP contribution in [0.3, 0.4) is 0 Å². The number of alkyl halides is 3. The molecule has 1 aromatic rings. The quantitative estimate of drug-likeness (QED) is 0.382. The number of ketones is 1. The standard InChI is InChI=1S/C17H19F4NO.C5H10.C2H6/c1-5-10(2)16(17(19,20)21)22-15(11(3)12(4)23)13-6-8-14(18)9-7-13;1-5-3-2-4-5;1-2/h6-9,22H,5H2,1-4H3;5H,2-4H2,1H3;1-2H3/b15-11+,16-10+;;. The molecule has 0 heterocycles. The molecule has 0 saturated heterocycles. The second kappa shape index (κ2) is 13.2. The number of benzene rings is 1. The lowest BCUT2D eigenvalue weighted by Gasteiger charge is -2.21. The summed E-state index contributed by atoms with van der Waals surface area (Å²) in [6.45, 7) is 12.0. The molecule has 170 valence electrons.